The average molecular weight is 378 g/mol. The summed E-state index contributed by atoms with van der Waals surface area (Å²) in [6, 6.07) is 11.2. The number of halogens is 2. The van der Waals surface area contributed by atoms with Gasteiger partial charge in [0.25, 0.3) is 0 Å². The summed E-state index contributed by atoms with van der Waals surface area (Å²) in [7, 11) is 1.64. The minimum absolute atomic E-state index is 0.170. The molecule has 7 heteroatoms. The van der Waals surface area contributed by atoms with E-state index in [2.05, 4.69) is 10.2 Å². The summed E-state index contributed by atoms with van der Waals surface area (Å²) in [6.07, 6.45) is 0. The lowest BCUT2D eigenvalue weighted by Gasteiger charge is -2.34. The van der Waals surface area contributed by atoms with Crippen LogP contribution < -0.4 is 10.1 Å². The third kappa shape index (κ3) is 4.65. The Kier molecular flexibility index (Phi) is 5.96. The van der Waals surface area contributed by atoms with Crippen molar-refractivity contribution in [1.29, 1.82) is 0 Å². The van der Waals surface area contributed by atoms with E-state index >= 15 is 0 Å². The number of ether oxygens (including phenoxy) is 1. The number of carbonyl (C=O) groups excluding carboxylic acids is 1. The van der Waals surface area contributed by atoms with E-state index in [1.54, 1.807) is 24.1 Å². The maximum atomic E-state index is 12.9. The lowest BCUT2D eigenvalue weighted by Crippen LogP contribution is -2.49. The number of benzene rings is 2. The van der Waals surface area contributed by atoms with E-state index in [9.17, 15) is 9.18 Å². The minimum atomic E-state index is -0.326. The summed E-state index contributed by atoms with van der Waals surface area (Å²) in [5.41, 5.74) is 1.62. The van der Waals surface area contributed by atoms with Crippen LogP contribution in [0.1, 0.15) is 5.56 Å². The van der Waals surface area contributed by atoms with Gasteiger partial charge in [-0.3, -0.25) is 4.90 Å². The molecule has 0 aromatic heterocycles. The number of carbonyl (C=O) groups is 1. The second kappa shape index (κ2) is 8.38. The fourth-order valence-corrected chi connectivity index (χ4v) is 3.15. The first-order valence-corrected chi connectivity index (χ1v) is 8.79. The summed E-state index contributed by atoms with van der Waals surface area (Å²) in [5, 5.41) is 3.47. The molecule has 0 spiro atoms. The summed E-state index contributed by atoms with van der Waals surface area (Å²) in [4.78, 5) is 16.3. The first-order chi connectivity index (χ1) is 12.5. The van der Waals surface area contributed by atoms with Crippen molar-refractivity contribution in [3.63, 3.8) is 0 Å². The summed E-state index contributed by atoms with van der Waals surface area (Å²) >= 11 is 6.08. The zero-order valence-corrected chi connectivity index (χ0v) is 15.3. The van der Waals surface area contributed by atoms with E-state index < -0.39 is 0 Å². The van der Waals surface area contributed by atoms with Crippen LogP contribution in [-0.2, 0) is 6.54 Å². The van der Waals surface area contributed by atoms with Crippen LogP contribution in [0, 0.1) is 5.82 Å². The molecule has 2 aromatic carbocycles. The molecule has 0 aliphatic carbocycles. The van der Waals surface area contributed by atoms with Crippen molar-refractivity contribution in [2.45, 2.75) is 6.54 Å². The molecule has 1 aliphatic heterocycles. The second-order valence-corrected chi connectivity index (χ2v) is 6.59. The molecule has 0 radical (unpaired) electrons. The zero-order valence-electron chi connectivity index (χ0n) is 14.5. The van der Waals surface area contributed by atoms with Gasteiger partial charge in [0.1, 0.15) is 11.6 Å². The summed E-state index contributed by atoms with van der Waals surface area (Å²) in [6.45, 7) is 3.47. The number of urea groups is 1. The minimum Gasteiger partial charge on any atom is -0.496 e. The van der Waals surface area contributed by atoms with Gasteiger partial charge in [-0.2, -0.15) is 0 Å². The van der Waals surface area contributed by atoms with E-state index in [-0.39, 0.29) is 11.8 Å². The topological polar surface area (TPSA) is 44.8 Å². The normalized spacial score (nSPS) is 15.0. The number of anilines is 1. The molecule has 0 atom stereocenters. The van der Waals surface area contributed by atoms with Gasteiger partial charge < -0.3 is 15.0 Å². The molecule has 0 unspecified atom stereocenters. The Morgan fingerprint density at radius 2 is 1.85 bits per heavy atom. The van der Waals surface area contributed by atoms with Gasteiger partial charge in [0.15, 0.2) is 0 Å². The number of hydrogen-bond donors (Lipinski definition) is 1. The Labute approximate surface area is 157 Å². The molecular weight excluding hydrogens is 357 g/mol. The van der Waals surface area contributed by atoms with Gasteiger partial charge >= 0.3 is 6.03 Å². The van der Waals surface area contributed by atoms with Gasteiger partial charge in [0.2, 0.25) is 0 Å². The van der Waals surface area contributed by atoms with Crippen molar-refractivity contribution in [2.24, 2.45) is 0 Å². The van der Waals surface area contributed by atoms with Crippen molar-refractivity contribution < 1.29 is 13.9 Å². The van der Waals surface area contributed by atoms with Crippen LogP contribution >= 0.6 is 11.6 Å². The van der Waals surface area contributed by atoms with E-state index in [4.69, 9.17) is 16.3 Å². The maximum Gasteiger partial charge on any atom is 0.321 e. The summed E-state index contributed by atoms with van der Waals surface area (Å²) in [5.74, 6) is 0.485. The number of methoxy groups -OCH3 is 1. The molecule has 2 amide bonds. The molecule has 3 rings (SSSR count). The Morgan fingerprint density at radius 3 is 2.50 bits per heavy atom. The largest absolute Gasteiger partial charge is 0.496 e. The lowest BCUT2D eigenvalue weighted by molar-refractivity contribution is 0.142. The lowest BCUT2D eigenvalue weighted by atomic mass is 10.1. The molecule has 1 saturated heterocycles. The molecule has 5 nitrogen and oxygen atoms in total. The Morgan fingerprint density at radius 1 is 1.15 bits per heavy atom. The maximum absolute atomic E-state index is 12.9. The van der Waals surface area contributed by atoms with Crippen molar-refractivity contribution in [3.05, 3.63) is 58.9 Å². The Bertz CT molecular complexity index is 762. The van der Waals surface area contributed by atoms with Gasteiger partial charge in [-0.1, -0.05) is 11.6 Å². The van der Waals surface area contributed by atoms with Crippen LogP contribution in [0.15, 0.2) is 42.5 Å². The van der Waals surface area contributed by atoms with Crippen molar-refractivity contribution >= 4 is 23.3 Å². The monoisotopic (exact) mass is 377 g/mol. The summed E-state index contributed by atoms with van der Waals surface area (Å²) < 4.78 is 18.3. The highest BCUT2D eigenvalue weighted by Gasteiger charge is 2.22. The van der Waals surface area contributed by atoms with Crippen LogP contribution in [-0.4, -0.2) is 49.1 Å². The van der Waals surface area contributed by atoms with Crippen molar-refractivity contribution in [2.75, 3.05) is 38.6 Å². The number of piperazine rings is 1. The number of amides is 2. The quantitative estimate of drug-likeness (QED) is 0.880. The Hall–Kier alpha value is -2.31. The van der Waals surface area contributed by atoms with E-state index in [0.717, 1.165) is 30.9 Å². The smallest absolute Gasteiger partial charge is 0.321 e. The molecule has 138 valence electrons. The molecule has 0 bridgehead atoms. The number of nitrogens with one attached hydrogen (secondary N) is 1. The molecular formula is C19H21ClFN3O2. The average Bonchev–Trinajstić information content (AvgIpc) is 2.64. The predicted octanol–water partition coefficient (Wildman–Crippen LogP) is 3.84. The van der Waals surface area contributed by atoms with Crippen LogP contribution in [0.5, 0.6) is 5.75 Å². The fraction of sp³-hybridized carbons (Fsp3) is 0.316. The highest BCUT2D eigenvalue weighted by molar-refractivity contribution is 6.30. The van der Waals surface area contributed by atoms with E-state index in [0.29, 0.717) is 23.8 Å². The van der Waals surface area contributed by atoms with Crippen molar-refractivity contribution in [1.82, 2.24) is 9.80 Å². The van der Waals surface area contributed by atoms with Crippen LogP contribution in [0.3, 0.4) is 0 Å². The molecule has 1 N–H and O–H groups in total. The van der Waals surface area contributed by atoms with Gasteiger partial charge in [0, 0.05) is 49.0 Å². The first kappa shape index (κ1) is 18.5. The highest BCUT2D eigenvalue weighted by atomic mass is 35.5. The third-order valence-corrected chi connectivity index (χ3v) is 4.63. The Balaban J connectivity index is 1.53. The van der Waals surface area contributed by atoms with E-state index in [1.807, 2.05) is 18.2 Å². The molecule has 1 aliphatic rings. The van der Waals surface area contributed by atoms with Crippen LogP contribution in [0.2, 0.25) is 5.02 Å². The van der Waals surface area contributed by atoms with Crippen LogP contribution in [0.25, 0.3) is 0 Å². The zero-order chi connectivity index (χ0) is 18.5. The molecule has 1 fully saturated rings. The van der Waals surface area contributed by atoms with E-state index in [1.165, 1.54) is 12.1 Å². The SMILES string of the molecule is COc1ccc(Cl)cc1CN1CCN(C(=O)Nc2ccc(F)cc2)CC1. The van der Waals surface area contributed by atoms with Gasteiger partial charge in [-0.05, 0) is 42.5 Å². The van der Waals surface area contributed by atoms with Gasteiger partial charge in [0.05, 0.1) is 7.11 Å². The standard InChI is InChI=1S/C19H21ClFN3O2/c1-26-18-7-2-15(20)12-14(18)13-23-8-10-24(11-9-23)19(25)22-17-5-3-16(21)4-6-17/h2-7,12H,8-11,13H2,1H3,(H,22,25). The van der Waals surface area contributed by atoms with Gasteiger partial charge in [-0.15, -0.1) is 0 Å². The molecule has 26 heavy (non-hydrogen) atoms. The highest BCUT2D eigenvalue weighted by Crippen LogP contribution is 2.24. The molecule has 0 saturated carbocycles. The third-order valence-electron chi connectivity index (χ3n) is 4.39. The number of rotatable bonds is 4. The predicted molar refractivity (Wildman–Crippen MR) is 100 cm³/mol. The van der Waals surface area contributed by atoms with Crippen molar-refractivity contribution in [3.8, 4) is 5.75 Å². The van der Waals surface area contributed by atoms with Crippen LogP contribution in [0.4, 0.5) is 14.9 Å². The molecule has 1 heterocycles. The molecule has 2 aromatic rings. The number of hydrogen-bond acceptors (Lipinski definition) is 3. The number of nitrogens with zero attached hydrogens (tertiary/aromatic N) is 2. The van der Waals surface area contributed by atoms with Gasteiger partial charge in [-0.25, -0.2) is 9.18 Å². The first-order valence-electron chi connectivity index (χ1n) is 8.41. The second-order valence-electron chi connectivity index (χ2n) is 6.16. The fourth-order valence-electron chi connectivity index (χ4n) is 2.96.